The van der Waals surface area contributed by atoms with Crippen LogP contribution in [-0.2, 0) is 6.61 Å². The Bertz CT molecular complexity index is 828. The van der Waals surface area contributed by atoms with Crippen molar-refractivity contribution in [3.63, 3.8) is 0 Å². The normalized spacial score (nSPS) is 10.6. The summed E-state index contributed by atoms with van der Waals surface area (Å²) in [5, 5.41) is 11.0. The highest BCUT2D eigenvalue weighted by Gasteiger charge is 2.11. The summed E-state index contributed by atoms with van der Waals surface area (Å²) in [6, 6.07) is 18.7. The predicted molar refractivity (Wildman–Crippen MR) is 89.4 cm³/mol. The number of aromatic carboxylic acids is 1. The molecule has 0 aromatic heterocycles. The minimum atomic E-state index is -0.964. The Balaban J connectivity index is 2.02. The number of carboxylic acid groups (broad SMARTS) is 1. The second kappa shape index (κ2) is 6.20. The number of rotatable bonds is 4. The van der Waals surface area contributed by atoms with Gasteiger partial charge in [-0.15, -0.1) is 0 Å². The average Bonchev–Trinajstić information content (AvgIpc) is 2.53. The molecule has 0 saturated heterocycles. The van der Waals surface area contributed by atoms with E-state index in [4.69, 9.17) is 4.74 Å². The Kier molecular flexibility index (Phi) is 4.11. The van der Waals surface area contributed by atoms with Gasteiger partial charge in [-0.05, 0) is 35.2 Å². The lowest BCUT2D eigenvalue weighted by Crippen LogP contribution is -2.00. The van der Waals surface area contributed by atoms with E-state index in [0.717, 1.165) is 20.8 Å². The molecule has 4 heteroatoms. The predicted octanol–water partition coefficient (Wildman–Crippen LogP) is 4.88. The van der Waals surface area contributed by atoms with Gasteiger partial charge in [0.1, 0.15) is 12.4 Å². The Morgan fingerprint density at radius 3 is 2.55 bits per heavy atom. The van der Waals surface area contributed by atoms with Crippen LogP contribution in [0.3, 0.4) is 0 Å². The second-order valence-electron chi connectivity index (χ2n) is 4.92. The minimum absolute atomic E-state index is 0.220. The van der Waals surface area contributed by atoms with E-state index in [0.29, 0.717) is 12.4 Å². The fourth-order valence-electron chi connectivity index (χ4n) is 2.27. The molecular formula is C18H13BrO3. The molecule has 0 spiro atoms. The summed E-state index contributed by atoms with van der Waals surface area (Å²) in [4.78, 5) is 11.3. The Hall–Kier alpha value is -2.33. The molecule has 0 saturated carbocycles. The van der Waals surface area contributed by atoms with Crippen LogP contribution in [0.5, 0.6) is 5.75 Å². The van der Waals surface area contributed by atoms with E-state index in [2.05, 4.69) is 15.9 Å². The topological polar surface area (TPSA) is 46.5 Å². The van der Waals surface area contributed by atoms with Crippen molar-refractivity contribution in [3.8, 4) is 5.75 Å². The molecule has 0 heterocycles. The molecule has 0 unspecified atom stereocenters. The molecule has 0 aliphatic carbocycles. The molecule has 3 aromatic carbocycles. The van der Waals surface area contributed by atoms with Gasteiger partial charge in [0, 0.05) is 9.86 Å². The summed E-state index contributed by atoms with van der Waals surface area (Å²) in [5.41, 5.74) is 1.25. The van der Waals surface area contributed by atoms with Gasteiger partial charge in [-0.1, -0.05) is 52.3 Å². The third-order valence-electron chi connectivity index (χ3n) is 3.36. The van der Waals surface area contributed by atoms with Crippen LogP contribution in [0, 0.1) is 0 Å². The average molecular weight is 357 g/mol. The molecule has 0 bridgehead atoms. The molecule has 0 fully saturated rings. The summed E-state index contributed by atoms with van der Waals surface area (Å²) in [7, 11) is 0. The summed E-state index contributed by atoms with van der Waals surface area (Å²) >= 11 is 3.44. The monoisotopic (exact) mass is 356 g/mol. The van der Waals surface area contributed by atoms with Gasteiger partial charge < -0.3 is 9.84 Å². The molecule has 0 radical (unpaired) electrons. The summed E-state index contributed by atoms with van der Waals surface area (Å²) < 4.78 is 6.79. The molecule has 0 atom stereocenters. The van der Waals surface area contributed by atoms with Crippen LogP contribution in [0.2, 0.25) is 0 Å². The van der Waals surface area contributed by atoms with Gasteiger partial charge in [-0.3, -0.25) is 0 Å². The molecule has 22 heavy (non-hydrogen) atoms. The zero-order valence-corrected chi connectivity index (χ0v) is 13.2. The standard InChI is InChI=1S/C18H13BrO3/c19-15-7-6-13-8-14(18(20)21)9-17(16(13)10-15)22-11-12-4-2-1-3-5-12/h1-10H,11H2,(H,20,21). The van der Waals surface area contributed by atoms with Crippen molar-refractivity contribution in [2.75, 3.05) is 0 Å². The van der Waals surface area contributed by atoms with E-state index >= 15 is 0 Å². The first-order chi connectivity index (χ1) is 10.6. The fourth-order valence-corrected chi connectivity index (χ4v) is 2.64. The van der Waals surface area contributed by atoms with Gasteiger partial charge in [0.2, 0.25) is 0 Å². The zero-order valence-electron chi connectivity index (χ0n) is 11.6. The number of carboxylic acids is 1. The highest BCUT2D eigenvalue weighted by atomic mass is 79.9. The Labute approximate surface area is 136 Å². The molecule has 3 aromatic rings. The van der Waals surface area contributed by atoms with E-state index in [1.54, 1.807) is 12.1 Å². The van der Waals surface area contributed by atoms with E-state index in [1.165, 1.54) is 0 Å². The first kappa shape index (κ1) is 14.6. The second-order valence-corrected chi connectivity index (χ2v) is 5.83. The number of halogens is 1. The maximum Gasteiger partial charge on any atom is 0.335 e. The molecule has 0 aliphatic rings. The zero-order chi connectivity index (χ0) is 15.5. The van der Waals surface area contributed by atoms with Crippen LogP contribution in [0.1, 0.15) is 15.9 Å². The lowest BCUT2D eigenvalue weighted by molar-refractivity contribution is 0.0696. The quantitative estimate of drug-likeness (QED) is 0.724. The summed E-state index contributed by atoms with van der Waals surface area (Å²) in [6.07, 6.45) is 0. The van der Waals surface area contributed by atoms with Gasteiger partial charge in [0.25, 0.3) is 0 Å². The lowest BCUT2D eigenvalue weighted by atomic mass is 10.1. The lowest BCUT2D eigenvalue weighted by Gasteiger charge is -2.11. The first-order valence-corrected chi connectivity index (χ1v) is 7.56. The van der Waals surface area contributed by atoms with Gasteiger partial charge >= 0.3 is 5.97 Å². The van der Waals surface area contributed by atoms with Crippen molar-refractivity contribution in [3.05, 3.63) is 76.3 Å². The molecule has 3 nitrogen and oxygen atoms in total. The third-order valence-corrected chi connectivity index (χ3v) is 3.86. The summed E-state index contributed by atoms with van der Waals surface area (Å²) in [5.74, 6) is -0.394. The van der Waals surface area contributed by atoms with Crippen molar-refractivity contribution in [2.45, 2.75) is 6.61 Å². The molecule has 3 rings (SSSR count). The van der Waals surface area contributed by atoms with Gasteiger partial charge in [-0.2, -0.15) is 0 Å². The number of benzene rings is 3. The van der Waals surface area contributed by atoms with Crippen LogP contribution in [0.25, 0.3) is 10.8 Å². The van der Waals surface area contributed by atoms with Gasteiger partial charge in [0.05, 0.1) is 5.56 Å². The third kappa shape index (κ3) is 3.12. The highest BCUT2D eigenvalue weighted by molar-refractivity contribution is 9.10. The van der Waals surface area contributed by atoms with Crippen molar-refractivity contribution in [2.24, 2.45) is 0 Å². The molecule has 110 valence electrons. The number of carbonyl (C=O) groups is 1. The number of ether oxygens (including phenoxy) is 1. The van der Waals surface area contributed by atoms with E-state index in [-0.39, 0.29) is 5.56 Å². The summed E-state index contributed by atoms with van der Waals surface area (Å²) in [6.45, 7) is 0.394. The molecule has 0 aliphatic heterocycles. The number of hydrogen-bond donors (Lipinski definition) is 1. The fraction of sp³-hybridized carbons (Fsp3) is 0.0556. The van der Waals surface area contributed by atoms with E-state index in [1.807, 2.05) is 48.5 Å². The van der Waals surface area contributed by atoms with Crippen LogP contribution < -0.4 is 4.74 Å². The van der Waals surface area contributed by atoms with Gasteiger partial charge in [-0.25, -0.2) is 4.79 Å². The van der Waals surface area contributed by atoms with Crippen molar-refractivity contribution in [1.29, 1.82) is 0 Å². The Morgan fingerprint density at radius 2 is 1.82 bits per heavy atom. The molecular weight excluding hydrogens is 344 g/mol. The van der Waals surface area contributed by atoms with Crippen LogP contribution in [0.4, 0.5) is 0 Å². The van der Waals surface area contributed by atoms with E-state index in [9.17, 15) is 9.90 Å². The molecule has 0 amide bonds. The Morgan fingerprint density at radius 1 is 1.05 bits per heavy atom. The maximum absolute atomic E-state index is 11.3. The highest BCUT2D eigenvalue weighted by Crippen LogP contribution is 2.31. The SMILES string of the molecule is O=C(O)c1cc(OCc2ccccc2)c2cc(Br)ccc2c1. The molecule has 1 N–H and O–H groups in total. The van der Waals surface area contributed by atoms with Crippen LogP contribution >= 0.6 is 15.9 Å². The smallest absolute Gasteiger partial charge is 0.335 e. The largest absolute Gasteiger partial charge is 0.488 e. The van der Waals surface area contributed by atoms with Crippen molar-refractivity contribution >= 4 is 32.7 Å². The van der Waals surface area contributed by atoms with Crippen LogP contribution in [0.15, 0.2) is 65.1 Å². The van der Waals surface area contributed by atoms with Crippen LogP contribution in [-0.4, -0.2) is 11.1 Å². The van der Waals surface area contributed by atoms with Gasteiger partial charge in [0.15, 0.2) is 0 Å². The number of fused-ring (bicyclic) bond motifs is 1. The van der Waals surface area contributed by atoms with Crippen molar-refractivity contribution < 1.29 is 14.6 Å². The van der Waals surface area contributed by atoms with Crippen molar-refractivity contribution in [1.82, 2.24) is 0 Å². The van der Waals surface area contributed by atoms with E-state index < -0.39 is 5.97 Å². The maximum atomic E-state index is 11.3. The number of hydrogen-bond acceptors (Lipinski definition) is 2. The minimum Gasteiger partial charge on any atom is -0.488 e. The first-order valence-electron chi connectivity index (χ1n) is 6.77.